The molecule has 42 heavy (non-hydrogen) atoms. The number of rotatable bonds is 16. The average Bonchev–Trinajstić information content (AvgIpc) is 2.93. The van der Waals surface area contributed by atoms with Gasteiger partial charge in [-0.15, -0.1) is 0 Å². The first kappa shape index (κ1) is 32.9. The third-order valence-corrected chi connectivity index (χ3v) is 7.36. The minimum absolute atomic E-state index is 0.0174. The molecule has 9 heteroatoms. The van der Waals surface area contributed by atoms with E-state index in [1.807, 2.05) is 26.8 Å². The third-order valence-electron chi connectivity index (χ3n) is 7.36. The van der Waals surface area contributed by atoms with Gasteiger partial charge in [-0.05, 0) is 63.8 Å². The molecule has 2 unspecified atom stereocenters. The number of ether oxygens (including phenoxy) is 4. The van der Waals surface area contributed by atoms with Crippen LogP contribution in [0.25, 0.3) is 0 Å². The molecule has 0 aliphatic carbocycles. The number of aliphatic hydroxyl groups excluding tert-OH is 1. The molecule has 0 radical (unpaired) electrons. The highest BCUT2D eigenvalue weighted by molar-refractivity contribution is 6.01. The molecule has 0 fully saturated rings. The monoisotopic (exact) mass is 584 g/mol. The van der Waals surface area contributed by atoms with Crippen LogP contribution in [-0.2, 0) is 22.4 Å². The number of fused-ring (bicyclic) bond motifs is 1. The fraction of sp³-hybridized carbons (Fsp3) is 0.545. The number of carbonyl (C=O) groups excluding carboxylic acids is 3. The molecule has 0 spiro atoms. The Balaban J connectivity index is 1.68. The Labute approximate surface area is 248 Å². The van der Waals surface area contributed by atoms with Gasteiger partial charge in [0.15, 0.2) is 11.6 Å². The first-order chi connectivity index (χ1) is 20.0. The van der Waals surface area contributed by atoms with Gasteiger partial charge in [-0.1, -0.05) is 26.7 Å². The number of hydrogen-bond acceptors (Lipinski definition) is 9. The highest BCUT2D eigenvalue weighted by Crippen LogP contribution is 2.42. The van der Waals surface area contributed by atoms with E-state index < -0.39 is 17.7 Å². The molecule has 1 aliphatic heterocycles. The average molecular weight is 585 g/mol. The van der Waals surface area contributed by atoms with E-state index in [9.17, 15) is 24.6 Å². The maximum absolute atomic E-state index is 13.1. The zero-order chi connectivity index (χ0) is 30.9. The van der Waals surface area contributed by atoms with Gasteiger partial charge >= 0.3 is 5.97 Å². The molecule has 0 saturated heterocycles. The van der Waals surface area contributed by atoms with E-state index in [1.165, 1.54) is 13.8 Å². The Morgan fingerprint density at radius 3 is 2.21 bits per heavy atom. The van der Waals surface area contributed by atoms with E-state index in [4.69, 9.17) is 18.9 Å². The van der Waals surface area contributed by atoms with Gasteiger partial charge in [-0.25, -0.2) is 0 Å². The van der Waals surface area contributed by atoms with Gasteiger partial charge in [0.25, 0.3) is 0 Å². The second-order valence-electron chi connectivity index (χ2n) is 11.1. The van der Waals surface area contributed by atoms with E-state index >= 15 is 0 Å². The van der Waals surface area contributed by atoms with Crippen molar-refractivity contribution in [3.63, 3.8) is 0 Å². The summed E-state index contributed by atoms with van der Waals surface area (Å²) in [6.45, 7) is 9.05. The maximum atomic E-state index is 13.1. The lowest BCUT2D eigenvalue weighted by atomic mass is 9.85. The number of Topliss-reactive ketones (excluding diaryl/α,β-unsaturated/α-hetero) is 2. The van der Waals surface area contributed by atoms with E-state index in [-0.39, 0.29) is 30.3 Å². The highest BCUT2D eigenvalue weighted by Gasteiger charge is 2.38. The van der Waals surface area contributed by atoms with Crippen LogP contribution in [0.1, 0.15) is 105 Å². The molecule has 1 aliphatic rings. The van der Waals surface area contributed by atoms with E-state index in [1.54, 1.807) is 18.2 Å². The topological polar surface area (TPSA) is 129 Å². The van der Waals surface area contributed by atoms with Crippen LogP contribution >= 0.6 is 0 Å². The number of benzene rings is 2. The first-order valence-electron chi connectivity index (χ1n) is 14.8. The van der Waals surface area contributed by atoms with Crippen molar-refractivity contribution in [1.82, 2.24) is 0 Å². The molecule has 1 heterocycles. The summed E-state index contributed by atoms with van der Waals surface area (Å²) in [6, 6.07) is 6.87. The minimum atomic E-state index is -0.813. The molecule has 230 valence electrons. The molecule has 0 amide bonds. The van der Waals surface area contributed by atoms with Crippen molar-refractivity contribution >= 4 is 17.5 Å². The molecule has 3 rings (SSSR count). The van der Waals surface area contributed by atoms with Gasteiger partial charge in [0.1, 0.15) is 34.7 Å². The molecule has 2 atom stereocenters. The van der Waals surface area contributed by atoms with Crippen molar-refractivity contribution in [3.05, 3.63) is 46.5 Å². The molecular formula is C33H44O9. The van der Waals surface area contributed by atoms with Crippen LogP contribution in [0.2, 0.25) is 0 Å². The fourth-order valence-corrected chi connectivity index (χ4v) is 5.27. The molecule has 0 bridgehead atoms. The second kappa shape index (κ2) is 15.0. The molecular weight excluding hydrogens is 540 g/mol. The number of phenols is 1. The lowest BCUT2D eigenvalue weighted by Crippen LogP contribution is -2.41. The summed E-state index contributed by atoms with van der Waals surface area (Å²) in [5.41, 5.74) is 1.48. The SMILES string of the molecule is CCCc1c(OCCCOc2ccc3c(c2CCC)OC(C)(CCC(CO)OC(C)=O)CC3=O)ccc(C(C)=O)c1O. The van der Waals surface area contributed by atoms with Crippen LogP contribution in [0.5, 0.6) is 23.0 Å². The van der Waals surface area contributed by atoms with Crippen LogP contribution in [-0.4, -0.2) is 59.3 Å². The zero-order valence-corrected chi connectivity index (χ0v) is 25.4. The lowest BCUT2D eigenvalue weighted by Gasteiger charge is -2.37. The Hall–Kier alpha value is -3.59. The molecule has 9 nitrogen and oxygen atoms in total. The quantitative estimate of drug-likeness (QED) is 0.143. The van der Waals surface area contributed by atoms with E-state index in [0.717, 1.165) is 18.4 Å². The number of carbonyl (C=O) groups is 3. The number of aromatic hydroxyl groups is 1. The van der Waals surface area contributed by atoms with E-state index in [0.29, 0.717) is 79.3 Å². The predicted octanol–water partition coefficient (Wildman–Crippen LogP) is 5.78. The van der Waals surface area contributed by atoms with Crippen molar-refractivity contribution in [3.8, 4) is 23.0 Å². The summed E-state index contributed by atoms with van der Waals surface area (Å²) in [5, 5.41) is 20.2. The lowest BCUT2D eigenvalue weighted by molar-refractivity contribution is -0.149. The number of ketones is 2. The predicted molar refractivity (Wildman–Crippen MR) is 158 cm³/mol. The van der Waals surface area contributed by atoms with Crippen molar-refractivity contribution in [2.24, 2.45) is 0 Å². The van der Waals surface area contributed by atoms with Crippen LogP contribution in [0, 0.1) is 0 Å². The van der Waals surface area contributed by atoms with Crippen molar-refractivity contribution in [2.45, 2.75) is 97.7 Å². The second-order valence-corrected chi connectivity index (χ2v) is 11.1. The van der Waals surface area contributed by atoms with Gasteiger partial charge in [-0.3, -0.25) is 14.4 Å². The number of phenolic OH excluding ortho intramolecular Hbond substituents is 1. The molecule has 0 aromatic heterocycles. The summed E-state index contributed by atoms with van der Waals surface area (Å²) >= 11 is 0. The molecule has 2 aromatic rings. The minimum Gasteiger partial charge on any atom is -0.507 e. The van der Waals surface area contributed by atoms with Gasteiger partial charge in [0, 0.05) is 24.5 Å². The van der Waals surface area contributed by atoms with Gasteiger partial charge in [-0.2, -0.15) is 0 Å². The molecule has 2 N–H and O–H groups in total. The Bertz CT molecular complexity index is 1270. The smallest absolute Gasteiger partial charge is 0.302 e. The molecule has 0 saturated carbocycles. The van der Waals surface area contributed by atoms with Gasteiger partial charge in [0.2, 0.25) is 0 Å². The summed E-state index contributed by atoms with van der Waals surface area (Å²) < 4.78 is 23.8. The normalized spacial score (nSPS) is 16.8. The molecule has 2 aromatic carbocycles. The number of hydrogen-bond donors (Lipinski definition) is 2. The zero-order valence-electron chi connectivity index (χ0n) is 25.4. The van der Waals surface area contributed by atoms with Gasteiger partial charge < -0.3 is 29.2 Å². The van der Waals surface area contributed by atoms with Crippen molar-refractivity contribution in [2.75, 3.05) is 19.8 Å². The standard InChI is InChI=1S/C33H44O9/c1-6-9-26-29(13-11-24(21(3)35)31(26)38)39-17-8-18-40-30-14-12-25-28(37)19-33(5,42-32(25)27(30)10-7-2)16-15-23(20-34)41-22(4)36/h11-14,23,34,38H,6-10,15-20H2,1-5H3. The van der Waals surface area contributed by atoms with Crippen LogP contribution in [0.3, 0.4) is 0 Å². The Morgan fingerprint density at radius 1 is 1.00 bits per heavy atom. The van der Waals surface area contributed by atoms with Crippen molar-refractivity contribution in [1.29, 1.82) is 0 Å². The maximum Gasteiger partial charge on any atom is 0.302 e. The van der Waals surface area contributed by atoms with Crippen LogP contribution < -0.4 is 14.2 Å². The largest absolute Gasteiger partial charge is 0.507 e. The highest BCUT2D eigenvalue weighted by atomic mass is 16.6. The number of aliphatic hydroxyl groups is 1. The van der Waals surface area contributed by atoms with E-state index in [2.05, 4.69) is 0 Å². The third kappa shape index (κ3) is 8.25. The van der Waals surface area contributed by atoms with Crippen molar-refractivity contribution < 1.29 is 43.5 Å². The summed E-state index contributed by atoms with van der Waals surface area (Å²) in [6.07, 6.45) is 3.76. The summed E-state index contributed by atoms with van der Waals surface area (Å²) in [7, 11) is 0. The summed E-state index contributed by atoms with van der Waals surface area (Å²) in [4.78, 5) is 36.3. The Morgan fingerprint density at radius 2 is 1.62 bits per heavy atom. The first-order valence-corrected chi connectivity index (χ1v) is 14.8. The summed E-state index contributed by atoms with van der Waals surface area (Å²) in [5.74, 6) is 1.04. The van der Waals surface area contributed by atoms with Crippen LogP contribution in [0.15, 0.2) is 24.3 Å². The fourth-order valence-electron chi connectivity index (χ4n) is 5.27. The number of esters is 1. The van der Waals surface area contributed by atoms with Crippen LogP contribution in [0.4, 0.5) is 0 Å². The Kier molecular flexibility index (Phi) is 11.8. The van der Waals surface area contributed by atoms with Gasteiger partial charge in [0.05, 0.1) is 37.4 Å².